The highest BCUT2D eigenvalue weighted by molar-refractivity contribution is 5.69. The zero-order valence-electron chi connectivity index (χ0n) is 16.0. The van der Waals surface area contributed by atoms with Gasteiger partial charge in [0.25, 0.3) is 0 Å². The van der Waals surface area contributed by atoms with Crippen molar-refractivity contribution in [2.75, 3.05) is 67.2 Å². The van der Waals surface area contributed by atoms with Gasteiger partial charge in [-0.15, -0.1) is 0 Å². The number of ether oxygens (including phenoxy) is 1. The van der Waals surface area contributed by atoms with Crippen LogP contribution in [0, 0.1) is 6.92 Å². The summed E-state index contributed by atoms with van der Waals surface area (Å²) in [5.41, 5.74) is 2.06. The molecule has 0 saturated carbocycles. The lowest BCUT2D eigenvalue weighted by Gasteiger charge is -2.36. The first-order valence-corrected chi connectivity index (χ1v) is 9.74. The number of aryl methyl sites for hydroxylation is 1. The molecule has 9 heteroatoms. The molecule has 0 aromatic carbocycles. The third-order valence-electron chi connectivity index (χ3n) is 5.32. The van der Waals surface area contributed by atoms with Crippen LogP contribution in [0.3, 0.4) is 0 Å². The van der Waals surface area contributed by atoms with Crippen LogP contribution in [-0.4, -0.2) is 77.0 Å². The van der Waals surface area contributed by atoms with E-state index in [-0.39, 0.29) is 0 Å². The Hall–Kier alpha value is -2.94. The van der Waals surface area contributed by atoms with Crippen molar-refractivity contribution in [1.29, 1.82) is 0 Å². The van der Waals surface area contributed by atoms with Gasteiger partial charge in [-0.25, -0.2) is 14.5 Å². The molecular formula is C19H24N8O. The molecule has 5 heterocycles. The van der Waals surface area contributed by atoms with E-state index in [1.54, 1.807) is 0 Å². The molecule has 0 amide bonds. The predicted molar refractivity (Wildman–Crippen MR) is 107 cm³/mol. The van der Waals surface area contributed by atoms with Gasteiger partial charge in [-0.05, 0) is 19.1 Å². The third-order valence-corrected chi connectivity index (χ3v) is 5.32. The summed E-state index contributed by atoms with van der Waals surface area (Å²) >= 11 is 0. The fourth-order valence-electron chi connectivity index (χ4n) is 3.85. The van der Waals surface area contributed by atoms with Crippen LogP contribution in [0.4, 0.5) is 17.6 Å². The predicted octanol–water partition coefficient (Wildman–Crippen LogP) is 0.991. The number of rotatable bonds is 3. The molecule has 0 aliphatic carbocycles. The number of anilines is 3. The zero-order chi connectivity index (χ0) is 18.9. The van der Waals surface area contributed by atoms with Crippen LogP contribution in [0.5, 0.6) is 0 Å². The maximum absolute atomic E-state index is 5.44. The Labute approximate surface area is 163 Å². The zero-order valence-corrected chi connectivity index (χ0v) is 16.0. The molecular weight excluding hydrogens is 356 g/mol. The Kier molecular flexibility index (Phi) is 4.44. The third kappa shape index (κ3) is 3.22. The summed E-state index contributed by atoms with van der Waals surface area (Å²) in [4.78, 5) is 20.8. The van der Waals surface area contributed by atoms with Gasteiger partial charge in [0.2, 0.25) is 5.95 Å². The van der Waals surface area contributed by atoms with Gasteiger partial charge in [-0.1, -0.05) is 0 Å². The van der Waals surface area contributed by atoms with E-state index in [0.717, 1.165) is 81.3 Å². The highest BCUT2D eigenvalue weighted by atomic mass is 16.5. The summed E-state index contributed by atoms with van der Waals surface area (Å²) in [6, 6.07) is 4.07. The standard InChI is InChI=1S/C19H24N8O/c1-15-14-16-18(20-4-5-27(16)23-15)25-6-8-26(9-7-25)19-21-3-2-17(22-19)24-10-12-28-13-11-24/h2-5,14H,6-13H2,1H3. The van der Waals surface area contributed by atoms with Gasteiger partial charge in [0.15, 0.2) is 5.82 Å². The molecule has 9 nitrogen and oxygen atoms in total. The van der Waals surface area contributed by atoms with Crippen LogP contribution in [0.2, 0.25) is 0 Å². The summed E-state index contributed by atoms with van der Waals surface area (Å²) in [5, 5.41) is 4.49. The summed E-state index contributed by atoms with van der Waals surface area (Å²) in [6.45, 7) is 8.76. The molecule has 146 valence electrons. The van der Waals surface area contributed by atoms with Crippen LogP contribution >= 0.6 is 0 Å². The molecule has 0 spiro atoms. The van der Waals surface area contributed by atoms with Crippen molar-refractivity contribution in [3.05, 3.63) is 36.4 Å². The van der Waals surface area contributed by atoms with E-state index in [2.05, 4.69) is 35.8 Å². The normalized spacial score (nSPS) is 18.1. The molecule has 0 radical (unpaired) electrons. The van der Waals surface area contributed by atoms with Gasteiger partial charge >= 0.3 is 0 Å². The van der Waals surface area contributed by atoms with Crippen LogP contribution in [0.1, 0.15) is 5.69 Å². The van der Waals surface area contributed by atoms with Crippen molar-refractivity contribution in [1.82, 2.24) is 24.6 Å². The number of nitrogens with zero attached hydrogens (tertiary/aromatic N) is 8. The van der Waals surface area contributed by atoms with Crippen molar-refractivity contribution in [3.63, 3.8) is 0 Å². The fraction of sp³-hybridized carbons (Fsp3) is 0.474. The fourth-order valence-corrected chi connectivity index (χ4v) is 3.85. The van der Waals surface area contributed by atoms with Crippen LogP contribution < -0.4 is 14.7 Å². The largest absolute Gasteiger partial charge is 0.378 e. The van der Waals surface area contributed by atoms with E-state index in [1.165, 1.54) is 0 Å². The number of fused-ring (bicyclic) bond motifs is 1. The van der Waals surface area contributed by atoms with Gasteiger partial charge in [-0.2, -0.15) is 10.1 Å². The molecule has 2 fully saturated rings. The van der Waals surface area contributed by atoms with E-state index in [9.17, 15) is 0 Å². The molecule has 0 atom stereocenters. The smallest absolute Gasteiger partial charge is 0.227 e. The van der Waals surface area contributed by atoms with Crippen molar-refractivity contribution in [3.8, 4) is 0 Å². The molecule has 3 aromatic heterocycles. The molecule has 2 saturated heterocycles. The van der Waals surface area contributed by atoms with Gasteiger partial charge in [-0.3, -0.25) is 0 Å². The Morgan fingerprint density at radius 3 is 2.50 bits per heavy atom. The second kappa shape index (κ2) is 7.23. The number of hydrogen-bond acceptors (Lipinski definition) is 8. The summed E-state index contributed by atoms with van der Waals surface area (Å²) in [6.07, 6.45) is 5.57. The van der Waals surface area contributed by atoms with Crippen LogP contribution in [-0.2, 0) is 4.74 Å². The Morgan fingerprint density at radius 2 is 1.68 bits per heavy atom. The molecule has 0 unspecified atom stereocenters. The number of aromatic nitrogens is 5. The summed E-state index contributed by atoms with van der Waals surface area (Å²) in [5.74, 6) is 2.78. The Morgan fingerprint density at radius 1 is 0.893 bits per heavy atom. The second-order valence-corrected chi connectivity index (χ2v) is 7.15. The highest BCUT2D eigenvalue weighted by Gasteiger charge is 2.23. The maximum Gasteiger partial charge on any atom is 0.227 e. The molecule has 2 aliphatic rings. The summed E-state index contributed by atoms with van der Waals surface area (Å²) < 4.78 is 7.34. The lowest BCUT2D eigenvalue weighted by atomic mass is 10.3. The molecule has 5 rings (SSSR count). The van der Waals surface area contributed by atoms with Gasteiger partial charge < -0.3 is 19.4 Å². The van der Waals surface area contributed by atoms with Crippen LogP contribution in [0.25, 0.3) is 5.52 Å². The first-order valence-electron chi connectivity index (χ1n) is 9.74. The number of morpholine rings is 1. The Balaban J connectivity index is 1.30. The monoisotopic (exact) mass is 380 g/mol. The molecule has 0 N–H and O–H groups in total. The van der Waals surface area contributed by atoms with Crippen molar-refractivity contribution >= 4 is 23.1 Å². The average Bonchev–Trinajstić information content (AvgIpc) is 3.15. The first kappa shape index (κ1) is 17.2. The van der Waals surface area contributed by atoms with Gasteiger partial charge in [0.1, 0.15) is 11.3 Å². The molecule has 0 bridgehead atoms. The van der Waals surface area contributed by atoms with E-state index < -0.39 is 0 Å². The topological polar surface area (TPSA) is 74.9 Å². The van der Waals surface area contributed by atoms with Gasteiger partial charge in [0, 0.05) is 57.9 Å². The highest BCUT2D eigenvalue weighted by Crippen LogP contribution is 2.23. The van der Waals surface area contributed by atoms with Crippen LogP contribution in [0.15, 0.2) is 30.7 Å². The molecule has 28 heavy (non-hydrogen) atoms. The minimum absolute atomic E-state index is 0.755. The lowest BCUT2D eigenvalue weighted by molar-refractivity contribution is 0.122. The van der Waals surface area contributed by atoms with Gasteiger partial charge in [0.05, 0.1) is 18.9 Å². The van der Waals surface area contributed by atoms with Crippen molar-refractivity contribution < 1.29 is 4.74 Å². The van der Waals surface area contributed by atoms with Crippen molar-refractivity contribution in [2.45, 2.75) is 6.92 Å². The SMILES string of the molecule is Cc1cc2c(N3CCN(c4nccc(N5CCOCC5)n4)CC3)nccn2n1. The first-order chi connectivity index (χ1) is 13.8. The quantitative estimate of drug-likeness (QED) is 0.666. The number of hydrogen-bond donors (Lipinski definition) is 0. The van der Waals surface area contributed by atoms with E-state index >= 15 is 0 Å². The van der Waals surface area contributed by atoms with E-state index in [1.807, 2.05) is 36.1 Å². The van der Waals surface area contributed by atoms with E-state index in [4.69, 9.17) is 9.72 Å². The molecule has 3 aromatic rings. The average molecular weight is 380 g/mol. The van der Waals surface area contributed by atoms with E-state index in [0.29, 0.717) is 0 Å². The minimum atomic E-state index is 0.755. The Bertz CT molecular complexity index is 959. The van der Waals surface area contributed by atoms with Crippen molar-refractivity contribution in [2.24, 2.45) is 0 Å². The molecule has 2 aliphatic heterocycles. The summed E-state index contributed by atoms with van der Waals surface area (Å²) in [7, 11) is 0. The minimum Gasteiger partial charge on any atom is -0.378 e. The second-order valence-electron chi connectivity index (χ2n) is 7.15. The maximum atomic E-state index is 5.44. The lowest BCUT2D eigenvalue weighted by Crippen LogP contribution is -2.47. The number of piperazine rings is 1.